The summed E-state index contributed by atoms with van der Waals surface area (Å²) in [6, 6.07) is 0. The van der Waals surface area contributed by atoms with Gasteiger partial charge >= 0.3 is 13.8 Å². The molecule has 0 heterocycles. The molecule has 8 saturated carbocycles. The minimum atomic E-state index is 0.282. The number of hydrogen-bond donors (Lipinski definition) is 0. The first-order valence-electron chi connectivity index (χ1n) is 22.4. The molecular formula is C46H78B2O2. The van der Waals surface area contributed by atoms with Gasteiger partial charge in [0.25, 0.3) is 0 Å². The van der Waals surface area contributed by atoms with Gasteiger partial charge < -0.3 is 9.31 Å². The van der Waals surface area contributed by atoms with Gasteiger partial charge in [0.15, 0.2) is 0 Å². The van der Waals surface area contributed by atoms with E-state index < -0.39 is 0 Å². The molecule has 16 atom stereocenters. The van der Waals surface area contributed by atoms with Crippen molar-refractivity contribution < 1.29 is 9.31 Å². The lowest BCUT2D eigenvalue weighted by Crippen LogP contribution is -2.43. The number of hydrogen-bond acceptors (Lipinski definition) is 2. The first kappa shape index (κ1) is 36.4. The van der Waals surface area contributed by atoms with Gasteiger partial charge in [-0.25, -0.2) is 0 Å². The summed E-state index contributed by atoms with van der Waals surface area (Å²) in [6.45, 7) is 36.2. The van der Waals surface area contributed by atoms with Crippen LogP contribution < -0.4 is 0 Å². The third kappa shape index (κ3) is 5.59. The van der Waals surface area contributed by atoms with E-state index in [2.05, 4.69) is 96.9 Å². The fourth-order valence-electron chi connectivity index (χ4n) is 15.4. The molecule has 0 spiro atoms. The fourth-order valence-corrected chi connectivity index (χ4v) is 15.4. The second kappa shape index (κ2) is 12.0. The van der Waals surface area contributed by atoms with Crippen LogP contribution in [0.3, 0.4) is 0 Å². The lowest BCUT2D eigenvalue weighted by molar-refractivity contribution is 0.172. The third-order valence-corrected chi connectivity index (χ3v) is 20.0. The van der Waals surface area contributed by atoms with E-state index in [9.17, 15) is 0 Å². The number of allylic oxidation sites excluding steroid dienone is 1. The highest BCUT2D eigenvalue weighted by Gasteiger charge is 2.68. The van der Waals surface area contributed by atoms with Crippen LogP contribution >= 0.6 is 0 Å². The molecule has 280 valence electrons. The van der Waals surface area contributed by atoms with E-state index in [0.717, 1.165) is 89.8 Å². The van der Waals surface area contributed by atoms with Crippen LogP contribution in [0.1, 0.15) is 161 Å². The van der Waals surface area contributed by atoms with Crippen molar-refractivity contribution >= 4 is 13.8 Å². The average molecular weight is 685 g/mol. The Kier molecular flexibility index (Phi) is 8.73. The molecule has 0 aliphatic heterocycles. The minimum Gasteiger partial charge on any atom is -0.537 e. The van der Waals surface area contributed by atoms with Crippen LogP contribution in [0.25, 0.3) is 0 Å². The molecule has 0 amide bonds. The van der Waals surface area contributed by atoms with Crippen molar-refractivity contribution in [3.8, 4) is 0 Å². The Hall–Kier alpha value is -0.530. The molecule has 0 bridgehead atoms. The maximum Gasteiger partial charge on any atom is 0.368 e. The Morgan fingerprint density at radius 2 is 0.640 bits per heavy atom. The first-order chi connectivity index (χ1) is 23.3. The van der Waals surface area contributed by atoms with Gasteiger partial charge in [0.1, 0.15) is 0 Å². The Balaban J connectivity index is 1.14. The van der Waals surface area contributed by atoms with Gasteiger partial charge in [0, 0.05) is 5.57 Å². The Morgan fingerprint density at radius 1 is 0.420 bits per heavy atom. The maximum atomic E-state index is 7.88. The van der Waals surface area contributed by atoms with E-state index in [4.69, 9.17) is 9.31 Å². The Morgan fingerprint density at radius 3 is 0.860 bits per heavy atom. The van der Waals surface area contributed by atoms with Crippen LogP contribution in [0, 0.1) is 92.7 Å². The van der Waals surface area contributed by atoms with Gasteiger partial charge in [-0.15, -0.1) is 0 Å². The van der Waals surface area contributed by atoms with Gasteiger partial charge in [0.05, 0.1) is 0 Å². The highest BCUT2D eigenvalue weighted by atomic mass is 16.6. The van der Waals surface area contributed by atoms with Crippen LogP contribution in [-0.2, 0) is 9.31 Å². The zero-order valence-electron chi connectivity index (χ0n) is 35.3. The highest BCUT2D eigenvalue weighted by molar-refractivity contribution is 6.57. The topological polar surface area (TPSA) is 18.5 Å². The van der Waals surface area contributed by atoms with Gasteiger partial charge in [-0.05, 0) is 180 Å². The summed E-state index contributed by atoms with van der Waals surface area (Å²) >= 11 is 0. The summed E-state index contributed by atoms with van der Waals surface area (Å²) in [5.74, 6) is 13.7. The Bertz CT molecular complexity index is 1160. The molecule has 0 aromatic carbocycles. The standard InChI is InChI=1S/C46H78B2O2/c1-15-29(16-2)42(49-47(38-21-34-30(17-25(38)3)43(34,7)8)39-22-35-31(18-26(39)4)44(35,9)10)50-48(40-23-36-32(19-27(40)5)45(36,11)12)41-24-37-33(20-28(41)6)46(37,13)14/h25-28,30-41H,15-24H2,1-14H3/t25-,26-,27-,28-,30+,31+,32+,33+,34-,35-,36-,37-,38-,39-,40-,41-/m1/s1. The molecular weight excluding hydrogens is 606 g/mol. The summed E-state index contributed by atoms with van der Waals surface area (Å²) in [5.41, 5.74) is 3.52. The van der Waals surface area contributed by atoms with Gasteiger partial charge in [0.2, 0.25) is 5.95 Å². The monoisotopic (exact) mass is 685 g/mol. The smallest absolute Gasteiger partial charge is 0.368 e. The molecule has 2 nitrogen and oxygen atoms in total. The summed E-state index contributed by atoms with van der Waals surface area (Å²) in [5, 5.41) is 0. The highest BCUT2D eigenvalue weighted by Crippen LogP contribution is 2.74. The second-order valence-corrected chi connectivity index (χ2v) is 23.4. The SMILES string of the molecule is CCC(CC)=C(OB([C@@H]1C[C@@H]2[C@H](C[C@H]1C)C2(C)C)[C@@H]1C[C@@H]2[C@H](C[C@H]1C)C2(C)C)OB([C@@H]1C[C@@H]2[C@H](C[C@H]1C)C2(C)C)[C@@H]1C[C@@H]2[C@H](C[C@H]1C)C2(C)C. The molecule has 0 saturated heterocycles. The predicted octanol–water partition coefficient (Wildman–Crippen LogP) is 13.3. The van der Waals surface area contributed by atoms with E-state index in [1.807, 2.05) is 0 Å². The lowest BCUT2D eigenvalue weighted by Gasteiger charge is -2.43. The van der Waals surface area contributed by atoms with Crippen molar-refractivity contribution in [2.24, 2.45) is 92.7 Å². The van der Waals surface area contributed by atoms with Crippen molar-refractivity contribution in [2.75, 3.05) is 0 Å². The largest absolute Gasteiger partial charge is 0.537 e. The van der Waals surface area contributed by atoms with Crippen LogP contribution in [0.5, 0.6) is 0 Å². The van der Waals surface area contributed by atoms with Gasteiger partial charge in [-0.1, -0.05) is 96.9 Å². The summed E-state index contributed by atoms with van der Waals surface area (Å²) in [4.78, 5) is 0. The van der Waals surface area contributed by atoms with Crippen LogP contribution in [-0.4, -0.2) is 13.8 Å². The lowest BCUT2D eigenvalue weighted by atomic mass is 9.38. The number of rotatable bonds is 10. The zero-order chi connectivity index (χ0) is 36.0. The summed E-state index contributed by atoms with van der Waals surface area (Å²) in [6.07, 6.45) is 13.1. The number of fused-ring (bicyclic) bond motifs is 4. The third-order valence-electron chi connectivity index (χ3n) is 20.0. The molecule has 8 aliphatic carbocycles. The second-order valence-electron chi connectivity index (χ2n) is 23.4. The summed E-state index contributed by atoms with van der Waals surface area (Å²) in [7, 11) is 0. The van der Waals surface area contributed by atoms with E-state index in [1.54, 1.807) is 0 Å². The molecule has 0 aromatic heterocycles. The first-order valence-corrected chi connectivity index (χ1v) is 22.4. The van der Waals surface area contributed by atoms with Crippen LogP contribution in [0.2, 0.25) is 23.3 Å². The predicted molar refractivity (Wildman–Crippen MR) is 213 cm³/mol. The van der Waals surface area contributed by atoms with E-state index in [1.165, 1.54) is 56.9 Å². The maximum absolute atomic E-state index is 7.88. The quantitative estimate of drug-likeness (QED) is 0.168. The molecule has 0 radical (unpaired) electrons. The minimum absolute atomic E-state index is 0.282. The average Bonchev–Trinajstić information content (AvgIpc) is 3.99. The van der Waals surface area contributed by atoms with Crippen molar-refractivity contribution in [1.82, 2.24) is 0 Å². The van der Waals surface area contributed by atoms with Crippen molar-refractivity contribution in [3.05, 3.63) is 11.5 Å². The van der Waals surface area contributed by atoms with Gasteiger partial charge in [-0.2, -0.15) is 0 Å². The normalized spacial score (nSPS) is 49.2. The van der Waals surface area contributed by atoms with Crippen molar-refractivity contribution in [2.45, 2.75) is 184 Å². The molecule has 8 rings (SSSR count). The fraction of sp³-hybridized carbons (Fsp3) is 0.957. The van der Waals surface area contributed by atoms with E-state index >= 15 is 0 Å². The molecule has 0 unspecified atom stereocenters. The van der Waals surface area contributed by atoms with Gasteiger partial charge in [-0.3, -0.25) is 0 Å². The molecule has 8 fully saturated rings. The molecule has 8 aliphatic rings. The molecule has 0 aromatic rings. The van der Waals surface area contributed by atoms with Crippen LogP contribution in [0.4, 0.5) is 0 Å². The zero-order valence-corrected chi connectivity index (χ0v) is 35.3. The molecule has 0 N–H and O–H groups in total. The Labute approximate surface area is 310 Å². The van der Waals surface area contributed by atoms with Crippen molar-refractivity contribution in [3.63, 3.8) is 0 Å². The molecule has 4 heteroatoms. The van der Waals surface area contributed by atoms with E-state index in [0.29, 0.717) is 44.9 Å². The summed E-state index contributed by atoms with van der Waals surface area (Å²) < 4.78 is 15.8. The van der Waals surface area contributed by atoms with Crippen LogP contribution in [0.15, 0.2) is 11.5 Å². The van der Waals surface area contributed by atoms with E-state index in [-0.39, 0.29) is 13.8 Å². The molecule has 50 heavy (non-hydrogen) atoms. The van der Waals surface area contributed by atoms with Crippen molar-refractivity contribution in [1.29, 1.82) is 0 Å².